The van der Waals surface area contributed by atoms with E-state index in [9.17, 15) is 13.2 Å². The molecule has 2 atom stereocenters. The lowest BCUT2D eigenvalue weighted by Crippen LogP contribution is -2.49. The minimum atomic E-state index is -4.45. The highest BCUT2D eigenvalue weighted by Crippen LogP contribution is 2.39. The third kappa shape index (κ3) is 3.88. The summed E-state index contributed by atoms with van der Waals surface area (Å²) in [6.07, 6.45) is 0.497. The minimum Gasteiger partial charge on any atom is -0.363 e. The number of halogens is 4. The van der Waals surface area contributed by atoms with Gasteiger partial charge < -0.3 is 11.1 Å². The second kappa shape index (κ2) is 6.12. The summed E-state index contributed by atoms with van der Waals surface area (Å²) in [6, 6.07) is 1.05. The molecule has 0 aromatic carbocycles. The second-order valence-electron chi connectivity index (χ2n) is 5.86. The van der Waals surface area contributed by atoms with E-state index in [1.54, 1.807) is 0 Å². The molecule has 2 unspecified atom stereocenters. The Hall–Kier alpha value is -0.820. The summed E-state index contributed by atoms with van der Waals surface area (Å²) in [5.74, 6) is 0.310. The Morgan fingerprint density at radius 2 is 2.24 bits per heavy atom. The van der Waals surface area contributed by atoms with Crippen molar-refractivity contribution in [1.29, 1.82) is 0 Å². The molecule has 1 aromatic heterocycles. The SMILES string of the molecule is CC1CCCC(CN)(Nc2ncc(Br)cc2C(F)(F)F)C1. The van der Waals surface area contributed by atoms with Gasteiger partial charge in [0, 0.05) is 17.2 Å². The van der Waals surface area contributed by atoms with Gasteiger partial charge in [-0.3, -0.25) is 0 Å². The molecule has 0 amide bonds. The number of alkyl halides is 3. The minimum absolute atomic E-state index is 0.134. The molecule has 3 N–H and O–H groups in total. The van der Waals surface area contributed by atoms with E-state index in [1.807, 2.05) is 0 Å². The Bertz CT molecular complexity index is 507. The first-order valence-electron chi connectivity index (χ1n) is 6.97. The number of hydrogen-bond donors (Lipinski definition) is 2. The van der Waals surface area contributed by atoms with Gasteiger partial charge in [0.25, 0.3) is 0 Å². The summed E-state index contributed by atoms with van der Waals surface area (Å²) in [5.41, 5.74) is 4.59. The second-order valence-corrected chi connectivity index (χ2v) is 6.77. The molecule has 0 spiro atoms. The van der Waals surface area contributed by atoms with Crippen LogP contribution in [0.4, 0.5) is 19.0 Å². The molecule has 1 heterocycles. The summed E-state index contributed by atoms with van der Waals surface area (Å²) < 4.78 is 39.8. The maximum Gasteiger partial charge on any atom is 0.419 e. The number of hydrogen-bond acceptors (Lipinski definition) is 3. The van der Waals surface area contributed by atoms with Gasteiger partial charge in [0.2, 0.25) is 0 Å². The molecule has 2 rings (SSSR count). The van der Waals surface area contributed by atoms with E-state index in [-0.39, 0.29) is 5.82 Å². The first-order chi connectivity index (χ1) is 9.76. The van der Waals surface area contributed by atoms with Gasteiger partial charge in [-0.15, -0.1) is 0 Å². The third-order valence-corrected chi connectivity index (χ3v) is 4.46. The van der Waals surface area contributed by atoms with Crippen LogP contribution in [0.25, 0.3) is 0 Å². The average Bonchev–Trinajstić information content (AvgIpc) is 2.40. The number of rotatable bonds is 3. The molecule has 1 saturated carbocycles. The van der Waals surface area contributed by atoms with Gasteiger partial charge in [-0.1, -0.05) is 19.8 Å². The molecule has 1 aromatic rings. The predicted molar refractivity (Wildman–Crippen MR) is 80.0 cm³/mol. The lowest BCUT2D eigenvalue weighted by Gasteiger charge is -2.40. The van der Waals surface area contributed by atoms with Gasteiger partial charge in [0.15, 0.2) is 0 Å². The van der Waals surface area contributed by atoms with Crippen molar-refractivity contribution in [3.63, 3.8) is 0 Å². The smallest absolute Gasteiger partial charge is 0.363 e. The summed E-state index contributed by atoms with van der Waals surface area (Å²) in [6.45, 7) is 2.40. The number of nitrogens with one attached hydrogen (secondary N) is 1. The molecule has 0 bridgehead atoms. The highest BCUT2D eigenvalue weighted by atomic mass is 79.9. The zero-order chi connectivity index (χ0) is 15.7. The Morgan fingerprint density at radius 3 is 2.81 bits per heavy atom. The van der Waals surface area contributed by atoms with Crippen LogP contribution in [0.15, 0.2) is 16.7 Å². The molecule has 0 radical (unpaired) electrons. The standard InChI is InChI=1S/C14H19BrF3N3/c1-9-3-2-4-13(6-9,8-19)21-12-11(14(16,17)18)5-10(15)7-20-12/h5,7,9H,2-4,6,8,19H2,1H3,(H,20,21). The van der Waals surface area contributed by atoms with Crippen LogP contribution in [0.1, 0.15) is 38.2 Å². The first kappa shape index (κ1) is 16.5. The Morgan fingerprint density at radius 1 is 1.52 bits per heavy atom. The Kier molecular flexibility index (Phi) is 4.82. The van der Waals surface area contributed by atoms with E-state index in [4.69, 9.17) is 5.73 Å². The highest BCUT2D eigenvalue weighted by Gasteiger charge is 2.39. The van der Waals surface area contributed by atoms with Crippen LogP contribution < -0.4 is 11.1 Å². The van der Waals surface area contributed by atoms with Crippen LogP contribution in [0.3, 0.4) is 0 Å². The van der Waals surface area contributed by atoms with E-state index in [0.717, 1.165) is 31.7 Å². The van der Waals surface area contributed by atoms with Gasteiger partial charge in [0.05, 0.1) is 11.1 Å². The molecule has 1 aliphatic rings. The maximum absolute atomic E-state index is 13.2. The first-order valence-corrected chi connectivity index (χ1v) is 7.76. The van der Waals surface area contributed by atoms with Crippen molar-refractivity contribution >= 4 is 21.7 Å². The van der Waals surface area contributed by atoms with Crippen LogP contribution in [0.5, 0.6) is 0 Å². The molecule has 3 nitrogen and oxygen atoms in total. The largest absolute Gasteiger partial charge is 0.419 e. The fourth-order valence-corrected chi connectivity index (χ4v) is 3.35. The lowest BCUT2D eigenvalue weighted by molar-refractivity contribution is -0.137. The zero-order valence-corrected chi connectivity index (χ0v) is 13.4. The Labute approximate surface area is 130 Å². The zero-order valence-electron chi connectivity index (χ0n) is 11.8. The Balaban J connectivity index is 2.33. The molecule has 7 heteroatoms. The summed E-state index contributed by atoms with van der Waals surface area (Å²) in [4.78, 5) is 3.92. The van der Waals surface area contributed by atoms with Gasteiger partial charge in [-0.2, -0.15) is 13.2 Å². The van der Waals surface area contributed by atoms with E-state index in [2.05, 4.69) is 33.2 Å². The third-order valence-electron chi connectivity index (χ3n) is 4.03. The molecule has 0 aliphatic heterocycles. The van der Waals surface area contributed by atoms with Crippen molar-refractivity contribution in [2.75, 3.05) is 11.9 Å². The number of anilines is 1. The van der Waals surface area contributed by atoms with Crippen LogP contribution in [0, 0.1) is 5.92 Å². The lowest BCUT2D eigenvalue weighted by atomic mass is 9.76. The quantitative estimate of drug-likeness (QED) is 0.844. The van der Waals surface area contributed by atoms with Gasteiger partial charge in [-0.05, 0) is 40.8 Å². The maximum atomic E-state index is 13.2. The van der Waals surface area contributed by atoms with Crippen LogP contribution in [0.2, 0.25) is 0 Å². The van der Waals surface area contributed by atoms with Crippen molar-refractivity contribution in [3.05, 3.63) is 22.3 Å². The normalized spacial score (nSPS) is 26.7. The monoisotopic (exact) mass is 365 g/mol. The van der Waals surface area contributed by atoms with Crippen LogP contribution >= 0.6 is 15.9 Å². The van der Waals surface area contributed by atoms with Crippen molar-refractivity contribution < 1.29 is 13.2 Å². The van der Waals surface area contributed by atoms with E-state index in [0.29, 0.717) is 16.9 Å². The van der Waals surface area contributed by atoms with E-state index >= 15 is 0 Å². The van der Waals surface area contributed by atoms with Crippen molar-refractivity contribution in [3.8, 4) is 0 Å². The molecule has 1 fully saturated rings. The summed E-state index contributed by atoms with van der Waals surface area (Å²) in [7, 11) is 0. The topological polar surface area (TPSA) is 50.9 Å². The molecule has 118 valence electrons. The molecule has 21 heavy (non-hydrogen) atoms. The van der Waals surface area contributed by atoms with E-state index in [1.165, 1.54) is 6.20 Å². The number of nitrogens with two attached hydrogens (primary N) is 1. The number of nitrogens with zero attached hydrogens (tertiary/aromatic N) is 1. The number of pyridine rings is 1. The average molecular weight is 366 g/mol. The van der Waals surface area contributed by atoms with Crippen molar-refractivity contribution in [2.45, 2.75) is 44.3 Å². The van der Waals surface area contributed by atoms with Crippen LogP contribution in [-0.4, -0.2) is 17.1 Å². The van der Waals surface area contributed by atoms with Gasteiger partial charge in [0.1, 0.15) is 5.82 Å². The number of aromatic nitrogens is 1. The highest BCUT2D eigenvalue weighted by molar-refractivity contribution is 9.10. The van der Waals surface area contributed by atoms with Crippen LogP contribution in [-0.2, 0) is 6.18 Å². The van der Waals surface area contributed by atoms with Crippen molar-refractivity contribution in [1.82, 2.24) is 4.98 Å². The summed E-state index contributed by atoms with van der Waals surface area (Å²) >= 11 is 3.04. The van der Waals surface area contributed by atoms with E-state index < -0.39 is 17.3 Å². The molecule has 1 aliphatic carbocycles. The van der Waals surface area contributed by atoms with Gasteiger partial charge >= 0.3 is 6.18 Å². The molecular formula is C14H19BrF3N3. The predicted octanol–water partition coefficient (Wildman–Crippen LogP) is 4.18. The molecular weight excluding hydrogens is 347 g/mol. The fourth-order valence-electron chi connectivity index (χ4n) is 3.02. The fraction of sp³-hybridized carbons (Fsp3) is 0.643. The van der Waals surface area contributed by atoms with Crippen molar-refractivity contribution in [2.24, 2.45) is 11.7 Å². The summed E-state index contributed by atoms with van der Waals surface area (Å²) in [5, 5.41) is 3.00. The van der Waals surface area contributed by atoms with Gasteiger partial charge in [-0.25, -0.2) is 4.98 Å². The molecule has 0 saturated heterocycles.